The Morgan fingerprint density at radius 2 is 1.71 bits per heavy atom. The Morgan fingerprint density at radius 1 is 1.00 bits per heavy atom. The van der Waals surface area contributed by atoms with Gasteiger partial charge in [0.1, 0.15) is 5.75 Å². The number of hydrogen-bond donors (Lipinski definition) is 0. The average Bonchev–Trinajstić information content (AvgIpc) is 3.07. The molecule has 28 heavy (non-hydrogen) atoms. The Balaban J connectivity index is 2.09. The molecule has 4 rings (SSSR count). The zero-order chi connectivity index (χ0) is 19.9. The van der Waals surface area contributed by atoms with Gasteiger partial charge in [0.25, 0.3) is 10.0 Å². The summed E-state index contributed by atoms with van der Waals surface area (Å²) >= 11 is 6.16. The third-order valence-corrected chi connectivity index (χ3v) is 6.44. The molecule has 0 saturated carbocycles. The fourth-order valence-electron chi connectivity index (χ4n) is 3.09. The summed E-state index contributed by atoms with van der Waals surface area (Å²) in [6.45, 7) is 1.91. The van der Waals surface area contributed by atoms with Gasteiger partial charge in [-0.05, 0) is 49.4 Å². The molecule has 0 amide bonds. The molecule has 0 radical (unpaired) electrons. The van der Waals surface area contributed by atoms with Gasteiger partial charge in [0.2, 0.25) is 0 Å². The first kappa shape index (κ1) is 18.5. The smallest absolute Gasteiger partial charge is 0.269 e. The third-order valence-electron chi connectivity index (χ3n) is 4.48. The number of ether oxygens (including phenoxy) is 1. The van der Waals surface area contributed by atoms with E-state index in [1.54, 1.807) is 54.6 Å². The Bertz CT molecular complexity index is 1280. The number of aryl methyl sites for hydroxylation is 1. The highest BCUT2D eigenvalue weighted by atomic mass is 35.5. The monoisotopic (exact) mass is 412 g/mol. The van der Waals surface area contributed by atoms with Gasteiger partial charge in [-0.25, -0.2) is 17.4 Å². The van der Waals surface area contributed by atoms with E-state index >= 15 is 0 Å². The van der Waals surface area contributed by atoms with Gasteiger partial charge in [-0.2, -0.15) is 0 Å². The molecule has 1 heterocycles. The number of hydrogen-bond acceptors (Lipinski definition) is 4. The van der Waals surface area contributed by atoms with Crippen LogP contribution in [0.2, 0.25) is 5.02 Å². The van der Waals surface area contributed by atoms with E-state index < -0.39 is 10.0 Å². The van der Waals surface area contributed by atoms with Crippen LogP contribution >= 0.6 is 11.6 Å². The molecule has 0 unspecified atom stereocenters. The van der Waals surface area contributed by atoms with E-state index in [-0.39, 0.29) is 10.7 Å². The SMILES string of the molecule is COc1ccccc1-c1nc2ccc(Cl)cc2n1S(=O)(=O)c1ccc(C)cc1. The molecule has 0 aliphatic heterocycles. The Hall–Kier alpha value is -2.83. The number of imidazole rings is 1. The Kier molecular flexibility index (Phi) is 4.61. The molecule has 0 aliphatic carbocycles. The van der Waals surface area contributed by atoms with Gasteiger partial charge in [-0.15, -0.1) is 0 Å². The predicted octanol–water partition coefficient (Wildman–Crippen LogP) is 4.91. The second-order valence-corrected chi connectivity index (χ2v) is 8.57. The third kappa shape index (κ3) is 3.04. The highest BCUT2D eigenvalue weighted by molar-refractivity contribution is 7.90. The summed E-state index contributed by atoms with van der Waals surface area (Å²) in [7, 11) is -2.38. The molecular formula is C21H17ClN2O3S. The minimum absolute atomic E-state index is 0.175. The van der Waals surface area contributed by atoms with Crippen molar-refractivity contribution in [2.45, 2.75) is 11.8 Å². The van der Waals surface area contributed by atoms with Gasteiger partial charge in [0.05, 0.1) is 28.6 Å². The van der Waals surface area contributed by atoms with Gasteiger partial charge in [0, 0.05) is 5.02 Å². The average molecular weight is 413 g/mol. The molecule has 0 atom stereocenters. The van der Waals surface area contributed by atoms with Crippen LogP contribution in [0.3, 0.4) is 0 Å². The van der Waals surface area contributed by atoms with E-state index in [0.717, 1.165) is 5.56 Å². The maximum atomic E-state index is 13.6. The summed E-state index contributed by atoms with van der Waals surface area (Å²) in [6, 6.07) is 18.9. The van der Waals surface area contributed by atoms with Crippen molar-refractivity contribution in [2.24, 2.45) is 0 Å². The lowest BCUT2D eigenvalue weighted by Gasteiger charge is -2.13. The normalized spacial score (nSPS) is 11.7. The standard InChI is InChI=1S/C21H17ClN2O3S/c1-14-7-10-16(11-8-14)28(25,26)24-19-13-15(22)9-12-18(19)23-21(24)17-5-3-4-6-20(17)27-2/h3-13H,1-2H3. The van der Waals surface area contributed by atoms with Crippen LogP contribution in [0.1, 0.15) is 5.56 Å². The molecule has 4 aromatic rings. The van der Waals surface area contributed by atoms with E-state index in [1.165, 1.54) is 11.1 Å². The topological polar surface area (TPSA) is 61.2 Å². The molecule has 5 nitrogen and oxygen atoms in total. The zero-order valence-corrected chi connectivity index (χ0v) is 16.8. The summed E-state index contributed by atoms with van der Waals surface area (Å²) in [5, 5.41) is 0.430. The number of nitrogens with zero attached hydrogens (tertiary/aromatic N) is 2. The molecule has 0 aliphatic rings. The highest BCUT2D eigenvalue weighted by Gasteiger charge is 2.26. The minimum Gasteiger partial charge on any atom is -0.496 e. The van der Waals surface area contributed by atoms with Gasteiger partial charge >= 0.3 is 0 Å². The summed E-state index contributed by atoms with van der Waals surface area (Å²) in [5.74, 6) is 0.805. The largest absolute Gasteiger partial charge is 0.496 e. The second kappa shape index (κ2) is 6.96. The number of benzene rings is 3. The van der Waals surface area contributed by atoms with Crippen molar-refractivity contribution < 1.29 is 13.2 Å². The van der Waals surface area contributed by atoms with Gasteiger partial charge in [0.15, 0.2) is 5.82 Å². The number of halogens is 1. The summed E-state index contributed by atoms with van der Waals surface area (Å²) < 4.78 is 33.8. The molecule has 142 valence electrons. The van der Waals surface area contributed by atoms with Crippen LogP contribution in [0.5, 0.6) is 5.75 Å². The zero-order valence-electron chi connectivity index (χ0n) is 15.3. The first-order chi connectivity index (χ1) is 13.4. The number of aromatic nitrogens is 2. The maximum Gasteiger partial charge on any atom is 0.269 e. The maximum absolute atomic E-state index is 13.6. The van der Waals surface area contributed by atoms with Crippen LogP contribution in [0.15, 0.2) is 71.6 Å². The number of para-hydroxylation sites is 1. The lowest BCUT2D eigenvalue weighted by Crippen LogP contribution is -2.14. The van der Waals surface area contributed by atoms with Crippen molar-refractivity contribution in [3.8, 4) is 17.1 Å². The van der Waals surface area contributed by atoms with Crippen LogP contribution in [0.25, 0.3) is 22.4 Å². The first-order valence-electron chi connectivity index (χ1n) is 8.55. The molecule has 7 heteroatoms. The fourth-order valence-corrected chi connectivity index (χ4v) is 4.71. The van der Waals surface area contributed by atoms with Crippen LogP contribution < -0.4 is 4.74 Å². The van der Waals surface area contributed by atoms with Crippen molar-refractivity contribution in [2.75, 3.05) is 7.11 Å². The summed E-state index contributed by atoms with van der Waals surface area (Å²) in [5.41, 5.74) is 2.49. The van der Waals surface area contributed by atoms with Crippen molar-refractivity contribution in [1.29, 1.82) is 0 Å². The second-order valence-electron chi connectivity index (χ2n) is 6.35. The summed E-state index contributed by atoms with van der Waals surface area (Å²) in [4.78, 5) is 4.76. The molecule has 0 saturated heterocycles. The van der Waals surface area contributed by atoms with Crippen molar-refractivity contribution in [1.82, 2.24) is 8.96 Å². The molecule has 3 aromatic carbocycles. The van der Waals surface area contributed by atoms with Crippen LogP contribution in [0.4, 0.5) is 0 Å². The van der Waals surface area contributed by atoms with E-state index in [2.05, 4.69) is 4.98 Å². The van der Waals surface area contributed by atoms with Gasteiger partial charge in [-0.1, -0.05) is 41.4 Å². The lowest BCUT2D eigenvalue weighted by atomic mass is 10.2. The van der Waals surface area contributed by atoms with Gasteiger partial charge < -0.3 is 4.74 Å². The quantitative estimate of drug-likeness (QED) is 0.477. The minimum atomic E-state index is -3.92. The number of fused-ring (bicyclic) bond motifs is 1. The highest BCUT2D eigenvalue weighted by Crippen LogP contribution is 2.35. The van der Waals surface area contributed by atoms with Crippen LogP contribution in [0, 0.1) is 6.92 Å². The predicted molar refractivity (Wildman–Crippen MR) is 110 cm³/mol. The Labute approximate surface area is 168 Å². The summed E-state index contributed by atoms with van der Waals surface area (Å²) in [6.07, 6.45) is 0. The molecule has 0 fully saturated rings. The molecule has 0 spiro atoms. The van der Waals surface area contributed by atoms with Crippen molar-refractivity contribution >= 4 is 32.7 Å². The lowest BCUT2D eigenvalue weighted by molar-refractivity contribution is 0.416. The molecular weight excluding hydrogens is 396 g/mol. The Morgan fingerprint density at radius 3 is 2.43 bits per heavy atom. The van der Waals surface area contributed by atoms with E-state index in [0.29, 0.717) is 27.4 Å². The van der Waals surface area contributed by atoms with E-state index in [1.807, 2.05) is 19.1 Å². The number of rotatable bonds is 4. The van der Waals surface area contributed by atoms with E-state index in [9.17, 15) is 8.42 Å². The van der Waals surface area contributed by atoms with Gasteiger partial charge in [-0.3, -0.25) is 0 Å². The van der Waals surface area contributed by atoms with Crippen molar-refractivity contribution in [3.05, 3.63) is 77.3 Å². The van der Waals surface area contributed by atoms with Crippen molar-refractivity contribution in [3.63, 3.8) is 0 Å². The molecule has 0 bridgehead atoms. The first-order valence-corrected chi connectivity index (χ1v) is 10.4. The number of methoxy groups -OCH3 is 1. The van der Waals surface area contributed by atoms with Crippen LogP contribution in [-0.2, 0) is 10.0 Å². The van der Waals surface area contributed by atoms with Crippen LogP contribution in [-0.4, -0.2) is 24.5 Å². The van der Waals surface area contributed by atoms with E-state index in [4.69, 9.17) is 16.3 Å². The molecule has 0 N–H and O–H groups in total. The fraction of sp³-hybridized carbons (Fsp3) is 0.0952. The molecule has 1 aromatic heterocycles.